The Labute approximate surface area is 103 Å². The van der Waals surface area contributed by atoms with Crippen molar-refractivity contribution in [1.82, 2.24) is 5.32 Å². The summed E-state index contributed by atoms with van der Waals surface area (Å²) in [6.07, 6.45) is 2.42. The SMILES string of the molecule is O=C1CC(SC(=S)C2CCCC2=O)C(=O)N1. The third-order valence-electron chi connectivity index (χ3n) is 2.77. The maximum atomic E-state index is 11.5. The highest BCUT2D eigenvalue weighted by Crippen LogP contribution is 2.31. The number of hydrogen-bond donors (Lipinski definition) is 1. The normalized spacial score (nSPS) is 29.6. The fourth-order valence-electron chi connectivity index (χ4n) is 1.91. The first-order valence-corrected chi connectivity index (χ1v) is 6.43. The van der Waals surface area contributed by atoms with Gasteiger partial charge in [-0.2, -0.15) is 0 Å². The number of carbonyl (C=O) groups excluding carboxylic acids is 3. The van der Waals surface area contributed by atoms with E-state index in [1.54, 1.807) is 0 Å². The second-order valence-corrected chi connectivity index (χ2v) is 5.90. The molecule has 2 aliphatic rings. The van der Waals surface area contributed by atoms with Crippen LogP contribution >= 0.6 is 24.0 Å². The summed E-state index contributed by atoms with van der Waals surface area (Å²) in [7, 11) is 0. The Morgan fingerprint density at radius 3 is 2.62 bits per heavy atom. The van der Waals surface area contributed by atoms with Gasteiger partial charge in [-0.3, -0.25) is 19.7 Å². The van der Waals surface area contributed by atoms with Crippen LogP contribution < -0.4 is 5.32 Å². The van der Waals surface area contributed by atoms with Crippen molar-refractivity contribution < 1.29 is 14.4 Å². The summed E-state index contributed by atoms with van der Waals surface area (Å²) in [4.78, 5) is 33.8. The van der Waals surface area contributed by atoms with Gasteiger partial charge < -0.3 is 0 Å². The van der Waals surface area contributed by atoms with Gasteiger partial charge in [0.25, 0.3) is 0 Å². The summed E-state index contributed by atoms with van der Waals surface area (Å²) in [5, 5.41) is 1.79. The van der Waals surface area contributed by atoms with Crippen molar-refractivity contribution >= 4 is 45.8 Å². The highest BCUT2D eigenvalue weighted by molar-refractivity contribution is 8.24. The number of imide groups is 1. The van der Waals surface area contributed by atoms with Gasteiger partial charge in [-0.05, 0) is 12.8 Å². The molecule has 0 aromatic carbocycles. The van der Waals surface area contributed by atoms with E-state index in [4.69, 9.17) is 12.2 Å². The van der Waals surface area contributed by atoms with E-state index >= 15 is 0 Å². The molecule has 86 valence electrons. The van der Waals surface area contributed by atoms with Crippen LogP contribution in [-0.2, 0) is 14.4 Å². The minimum absolute atomic E-state index is 0.169. The van der Waals surface area contributed by atoms with E-state index in [0.717, 1.165) is 12.8 Å². The van der Waals surface area contributed by atoms with E-state index in [9.17, 15) is 14.4 Å². The predicted molar refractivity (Wildman–Crippen MR) is 64.1 cm³/mol. The van der Waals surface area contributed by atoms with Crippen molar-refractivity contribution in [3.8, 4) is 0 Å². The van der Waals surface area contributed by atoms with Gasteiger partial charge in [0.1, 0.15) is 5.78 Å². The molecule has 2 rings (SSSR count). The Kier molecular flexibility index (Phi) is 3.39. The molecule has 1 heterocycles. The second-order valence-electron chi connectivity index (χ2n) is 3.95. The van der Waals surface area contributed by atoms with Crippen molar-refractivity contribution in [3.05, 3.63) is 0 Å². The van der Waals surface area contributed by atoms with Crippen molar-refractivity contribution in [3.63, 3.8) is 0 Å². The molecule has 1 saturated carbocycles. The lowest BCUT2D eigenvalue weighted by Crippen LogP contribution is -2.25. The highest BCUT2D eigenvalue weighted by atomic mass is 32.2. The Morgan fingerprint density at radius 1 is 1.38 bits per heavy atom. The minimum Gasteiger partial charge on any atom is -0.299 e. The van der Waals surface area contributed by atoms with Gasteiger partial charge in [0.05, 0.1) is 15.4 Å². The van der Waals surface area contributed by atoms with Crippen LogP contribution in [0.25, 0.3) is 0 Å². The number of thioether (sulfide) groups is 1. The first kappa shape index (κ1) is 11.7. The summed E-state index contributed by atoms with van der Waals surface area (Å²) in [6, 6.07) is 0. The van der Waals surface area contributed by atoms with Gasteiger partial charge in [-0.1, -0.05) is 12.2 Å². The van der Waals surface area contributed by atoms with Crippen molar-refractivity contribution in [2.45, 2.75) is 30.9 Å². The molecular formula is C10H11NO3S2. The van der Waals surface area contributed by atoms with E-state index < -0.39 is 5.25 Å². The molecule has 1 aliphatic carbocycles. The van der Waals surface area contributed by atoms with Crippen LogP contribution in [0.1, 0.15) is 25.7 Å². The third-order valence-corrected chi connectivity index (χ3v) is 4.53. The Morgan fingerprint density at radius 2 is 2.12 bits per heavy atom. The summed E-state index contributed by atoms with van der Waals surface area (Å²) < 4.78 is 0.567. The second kappa shape index (κ2) is 4.63. The van der Waals surface area contributed by atoms with Crippen LogP contribution in [0.2, 0.25) is 0 Å². The zero-order chi connectivity index (χ0) is 11.7. The van der Waals surface area contributed by atoms with Crippen molar-refractivity contribution in [1.29, 1.82) is 0 Å². The smallest absolute Gasteiger partial charge is 0.240 e. The average Bonchev–Trinajstić information content (AvgIpc) is 2.74. The van der Waals surface area contributed by atoms with E-state index in [1.807, 2.05) is 0 Å². The fourth-order valence-corrected chi connectivity index (χ4v) is 3.60. The Hall–Kier alpha value is -0.750. The molecule has 0 bridgehead atoms. The first-order chi connectivity index (χ1) is 7.58. The van der Waals surface area contributed by atoms with E-state index in [2.05, 4.69) is 5.32 Å². The molecule has 0 radical (unpaired) electrons. The molecule has 0 spiro atoms. The standard InChI is InChI=1S/C10H11NO3S2/c12-6-3-1-2-5(6)10(15)16-7-4-8(13)11-9(7)14/h5,7H,1-4H2,(H,11,13,14). The molecule has 0 aromatic heterocycles. The fraction of sp³-hybridized carbons (Fsp3) is 0.600. The molecular weight excluding hydrogens is 246 g/mol. The number of amides is 2. The summed E-state index contributed by atoms with van der Waals surface area (Å²) in [5.74, 6) is -0.573. The van der Waals surface area contributed by atoms with Crippen LogP contribution in [-0.4, -0.2) is 27.0 Å². The molecule has 1 N–H and O–H groups in total. The molecule has 2 atom stereocenters. The van der Waals surface area contributed by atoms with Crippen LogP contribution in [0.5, 0.6) is 0 Å². The largest absolute Gasteiger partial charge is 0.299 e. The van der Waals surface area contributed by atoms with Crippen LogP contribution in [0.3, 0.4) is 0 Å². The Bertz CT molecular complexity index is 380. The molecule has 2 amide bonds. The summed E-state index contributed by atoms with van der Waals surface area (Å²) in [5.41, 5.74) is 0. The van der Waals surface area contributed by atoms with Crippen molar-refractivity contribution in [2.24, 2.45) is 5.92 Å². The molecule has 16 heavy (non-hydrogen) atoms. The highest BCUT2D eigenvalue weighted by Gasteiger charge is 2.35. The lowest BCUT2D eigenvalue weighted by atomic mass is 10.1. The molecule has 2 unspecified atom stereocenters. The maximum absolute atomic E-state index is 11.5. The molecule has 1 saturated heterocycles. The van der Waals surface area contributed by atoms with Crippen LogP contribution in [0.4, 0.5) is 0 Å². The Balaban J connectivity index is 1.94. The van der Waals surface area contributed by atoms with E-state index in [-0.39, 0.29) is 29.9 Å². The van der Waals surface area contributed by atoms with Gasteiger partial charge in [0.15, 0.2) is 0 Å². The number of nitrogens with one attached hydrogen (secondary N) is 1. The molecule has 2 fully saturated rings. The zero-order valence-electron chi connectivity index (χ0n) is 8.52. The van der Waals surface area contributed by atoms with Gasteiger partial charge in [0.2, 0.25) is 11.8 Å². The molecule has 0 aromatic rings. The topological polar surface area (TPSA) is 63.2 Å². The van der Waals surface area contributed by atoms with Gasteiger partial charge in [-0.25, -0.2) is 0 Å². The minimum atomic E-state index is -0.437. The number of carbonyl (C=O) groups is 3. The van der Waals surface area contributed by atoms with Gasteiger partial charge in [0, 0.05) is 12.8 Å². The summed E-state index contributed by atoms with van der Waals surface area (Å²) in [6.45, 7) is 0. The van der Waals surface area contributed by atoms with Gasteiger partial charge >= 0.3 is 0 Å². The van der Waals surface area contributed by atoms with Gasteiger partial charge in [-0.15, -0.1) is 11.8 Å². The predicted octanol–water partition coefficient (Wildman–Crippen LogP) is 0.831. The maximum Gasteiger partial charge on any atom is 0.240 e. The number of thiocarbonyl (C=S) groups is 1. The molecule has 4 nitrogen and oxygen atoms in total. The average molecular weight is 257 g/mol. The third kappa shape index (κ3) is 2.32. The van der Waals surface area contributed by atoms with E-state index in [1.165, 1.54) is 11.8 Å². The molecule has 1 aliphatic heterocycles. The van der Waals surface area contributed by atoms with Crippen molar-refractivity contribution in [2.75, 3.05) is 0 Å². The summed E-state index contributed by atoms with van der Waals surface area (Å²) >= 11 is 6.37. The first-order valence-electron chi connectivity index (χ1n) is 5.15. The molecule has 6 heteroatoms. The van der Waals surface area contributed by atoms with Crippen LogP contribution in [0, 0.1) is 5.92 Å². The number of rotatable bonds is 2. The van der Waals surface area contributed by atoms with E-state index in [0.29, 0.717) is 10.6 Å². The number of Topliss-reactive ketones (excluding diaryl/α,β-unsaturated/α-hetero) is 1. The lowest BCUT2D eigenvalue weighted by Gasteiger charge is -2.11. The quantitative estimate of drug-likeness (QED) is 0.586. The lowest BCUT2D eigenvalue weighted by molar-refractivity contribution is -0.124. The van der Waals surface area contributed by atoms with Crippen LogP contribution in [0.15, 0.2) is 0 Å². The number of ketones is 1. The number of hydrogen-bond acceptors (Lipinski definition) is 5. The zero-order valence-corrected chi connectivity index (χ0v) is 10.2. The monoisotopic (exact) mass is 257 g/mol.